The number of carbonyl (C=O) groups is 2. The molecule has 34 heavy (non-hydrogen) atoms. The Balaban J connectivity index is 1.22. The fourth-order valence-electron chi connectivity index (χ4n) is 4.70. The Labute approximate surface area is 201 Å². The van der Waals surface area contributed by atoms with Crippen LogP contribution in [0.15, 0.2) is 54.6 Å². The fraction of sp³-hybridized carbons (Fsp3) is 0.481. The molecule has 3 amide bonds. The number of urea groups is 1. The predicted octanol–water partition coefficient (Wildman–Crippen LogP) is 4.64. The van der Waals surface area contributed by atoms with Crippen molar-refractivity contribution in [3.63, 3.8) is 0 Å². The van der Waals surface area contributed by atoms with Crippen molar-refractivity contribution in [2.24, 2.45) is 0 Å². The normalized spacial score (nSPS) is 20.4. The van der Waals surface area contributed by atoms with Crippen LogP contribution < -0.4 is 16.0 Å². The van der Waals surface area contributed by atoms with Gasteiger partial charge in [-0.25, -0.2) is 9.18 Å². The van der Waals surface area contributed by atoms with Gasteiger partial charge < -0.3 is 20.9 Å². The predicted molar refractivity (Wildman–Crippen MR) is 132 cm³/mol. The molecule has 1 heterocycles. The first-order valence-electron chi connectivity index (χ1n) is 12.5. The van der Waals surface area contributed by atoms with Crippen LogP contribution in [0.4, 0.5) is 14.9 Å². The number of anilines is 1. The Kier molecular flexibility index (Phi) is 8.52. The number of benzene rings is 2. The standard InChI is InChI=1S/C27H35FN4O2/c28-21-14-12-20(13-15-21)23-19-25(23)29-16-6-5-11-24(26(33)32-17-7-2-8-18-32)31-27(34)30-22-9-3-1-4-10-22/h1,3-4,9-10,12-15,23-25,29H,2,5-8,11,16-19H2,(H2,30,31,34)/t23-,24-,25+/m0/s1. The van der Waals surface area contributed by atoms with E-state index in [0.717, 1.165) is 58.2 Å². The van der Waals surface area contributed by atoms with Crippen LogP contribution in [0, 0.1) is 5.82 Å². The summed E-state index contributed by atoms with van der Waals surface area (Å²) in [5, 5.41) is 9.31. The van der Waals surface area contributed by atoms with E-state index in [2.05, 4.69) is 16.0 Å². The van der Waals surface area contributed by atoms with Gasteiger partial charge >= 0.3 is 6.03 Å². The Morgan fingerprint density at radius 3 is 2.44 bits per heavy atom. The van der Waals surface area contributed by atoms with Crippen LogP contribution in [0.2, 0.25) is 0 Å². The van der Waals surface area contributed by atoms with E-state index >= 15 is 0 Å². The summed E-state index contributed by atoms with van der Waals surface area (Å²) in [7, 11) is 0. The molecule has 1 aliphatic heterocycles. The second-order valence-corrected chi connectivity index (χ2v) is 9.35. The summed E-state index contributed by atoms with van der Waals surface area (Å²) in [4.78, 5) is 27.6. The largest absolute Gasteiger partial charge is 0.341 e. The van der Waals surface area contributed by atoms with Gasteiger partial charge in [0.1, 0.15) is 11.9 Å². The zero-order valence-corrected chi connectivity index (χ0v) is 19.6. The van der Waals surface area contributed by atoms with Crippen molar-refractivity contribution < 1.29 is 14.0 Å². The first-order chi connectivity index (χ1) is 16.6. The summed E-state index contributed by atoms with van der Waals surface area (Å²) in [6.45, 7) is 2.40. The third-order valence-corrected chi connectivity index (χ3v) is 6.72. The summed E-state index contributed by atoms with van der Waals surface area (Å²) < 4.78 is 13.1. The lowest BCUT2D eigenvalue weighted by molar-refractivity contribution is -0.134. The van der Waals surface area contributed by atoms with Gasteiger partial charge in [0.2, 0.25) is 5.91 Å². The van der Waals surface area contributed by atoms with E-state index in [9.17, 15) is 14.0 Å². The molecule has 1 saturated heterocycles. The maximum Gasteiger partial charge on any atom is 0.319 e. The van der Waals surface area contributed by atoms with Gasteiger partial charge in [-0.2, -0.15) is 0 Å². The number of hydrogen-bond acceptors (Lipinski definition) is 3. The molecule has 2 aromatic rings. The Bertz CT molecular complexity index is 931. The molecule has 0 bridgehead atoms. The molecule has 7 heteroatoms. The molecular weight excluding hydrogens is 431 g/mol. The second-order valence-electron chi connectivity index (χ2n) is 9.35. The number of para-hydroxylation sites is 1. The summed E-state index contributed by atoms with van der Waals surface area (Å²) in [6.07, 6.45) is 6.66. The van der Waals surface area contributed by atoms with Crippen LogP contribution in [0.1, 0.15) is 56.4 Å². The van der Waals surface area contributed by atoms with Crippen LogP contribution in [0.3, 0.4) is 0 Å². The first-order valence-corrected chi connectivity index (χ1v) is 12.5. The number of unbranched alkanes of at least 4 members (excludes halogenated alkanes) is 1. The van der Waals surface area contributed by atoms with Crippen molar-refractivity contribution in [1.29, 1.82) is 0 Å². The van der Waals surface area contributed by atoms with Gasteiger partial charge in [0.15, 0.2) is 0 Å². The molecule has 1 aliphatic carbocycles. The van der Waals surface area contributed by atoms with Crippen LogP contribution in [-0.2, 0) is 4.79 Å². The van der Waals surface area contributed by atoms with Gasteiger partial charge in [-0.15, -0.1) is 0 Å². The summed E-state index contributed by atoms with van der Waals surface area (Å²) in [5.41, 5.74) is 1.88. The minimum absolute atomic E-state index is 0.0226. The molecule has 0 spiro atoms. The maximum atomic E-state index is 13.1. The van der Waals surface area contributed by atoms with E-state index in [4.69, 9.17) is 0 Å². The Morgan fingerprint density at radius 2 is 1.71 bits per heavy atom. The summed E-state index contributed by atoms with van der Waals surface area (Å²) >= 11 is 0. The maximum absolute atomic E-state index is 13.1. The van der Waals surface area contributed by atoms with Crippen molar-refractivity contribution in [1.82, 2.24) is 15.5 Å². The monoisotopic (exact) mass is 466 g/mol. The fourth-order valence-corrected chi connectivity index (χ4v) is 4.70. The van der Waals surface area contributed by atoms with E-state index in [1.807, 2.05) is 47.4 Å². The number of likely N-dealkylation sites (tertiary alicyclic amines) is 1. The lowest BCUT2D eigenvalue weighted by Gasteiger charge is -2.31. The number of amides is 3. The van der Waals surface area contributed by atoms with Crippen LogP contribution in [0.5, 0.6) is 0 Å². The zero-order chi connectivity index (χ0) is 23.8. The summed E-state index contributed by atoms with van der Waals surface area (Å²) in [6, 6.07) is 15.6. The van der Waals surface area contributed by atoms with Gasteiger partial charge in [-0.1, -0.05) is 30.3 Å². The highest BCUT2D eigenvalue weighted by Crippen LogP contribution is 2.40. The van der Waals surface area contributed by atoms with Crippen LogP contribution in [0.25, 0.3) is 0 Å². The molecule has 2 aromatic carbocycles. The molecule has 0 aromatic heterocycles. The smallest absolute Gasteiger partial charge is 0.319 e. The van der Waals surface area contributed by atoms with E-state index in [1.165, 1.54) is 17.7 Å². The third-order valence-electron chi connectivity index (χ3n) is 6.72. The molecule has 2 aliphatic rings. The van der Waals surface area contributed by atoms with Crippen molar-refractivity contribution in [3.8, 4) is 0 Å². The average Bonchev–Trinajstić information content (AvgIpc) is 3.64. The van der Waals surface area contributed by atoms with E-state index in [-0.39, 0.29) is 17.8 Å². The minimum Gasteiger partial charge on any atom is -0.341 e. The summed E-state index contributed by atoms with van der Waals surface area (Å²) in [5.74, 6) is 0.278. The minimum atomic E-state index is -0.519. The van der Waals surface area contributed by atoms with Crippen molar-refractivity contribution >= 4 is 17.6 Å². The highest BCUT2D eigenvalue weighted by molar-refractivity contribution is 5.93. The van der Waals surface area contributed by atoms with Crippen LogP contribution in [-0.4, -0.2) is 48.6 Å². The molecule has 3 N–H and O–H groups in total. The Hall–Kier alpha value is -2.93. The van der Waals surface area contributed by atoms with Gasteiger partial charge in [0, 0.05) is 30.7 Å². The number of rotatable bonds is 10. The number of nitrogens with one attached hydrogen (secondary N) is 3. The molecule has 182 valence electrons. The SMILES string of the molecule is O=C(Nc1ccccc1)N[C@@H](CCCCN[C@@H]1C[C@H]1c1ccc(F)cc1)C(=O)N1CCCCC1. The topological polar surface area (TPSA) is 73.5 Å². The molecule has 3 atom stereocenters. The molecule has 0 radical (unpaired) electrons. The second kappa shape index (κ2) is 12.0. The molecule has 6 nitrogen and oxygen atoms in total. The molecule has 0 unspecified atom stereocenters. The Morgan fingerprint density at radius 1 is 0.971 bits per heavy atom. The molecular formula is C27H35FN4O2. The van der Waals surface area contributed by atoms with Crippen molar-refractivity contribution in [2.75, 3.05) is 25.0 Å². The molecule has 1 saturated carbocycles. The highest BCUT2D eigenvalue weighted by atomic mass is 19.1. The number of carbonyl (C=O) groups excluding carboxylic acids is 2. The van der Waals surface area contributed by atoms with E-state index in [1.54, 1.807) is 0 Å². The number of nitrogens with zero attached hydrogens (tertiary/aromatic N) is 1. The molecule has 2 fully saturated rings. The quantitative estimate of drug-likeness (QED) is 0.447. The van der Waals surface area contributed by atoms with E-state index < -0.39 is 6.04 Å². The van der Waals surface area contributed by atoms with Gasteiger partial charge in [-0.3, -0.25) is 4.79 Å². The first kappa shape index (κ1) is 24.2. The van der Waals surface area contributed by atoms with Gasteiger partial charge in [-0.05, 0) is 81.3 Å². The molecule has 4 rings (SSSR count). The zero-order valence-electron chi connectivity index (χ0n) is 19.6. The number of piperidine rings is 1. The van der Waals surface area contributed by atoms with E-state index in [0.29, 0.717) is 24.1 Å². The van der Waals surface area contributed by atoms with Gasteiger partial charge in [0.05, 0.1) is 0 Å². The number of hydrogen-bond donors (Lipinski definition) is 3. The van der Waals surface area contributed by atoms with Crippen LogP contribution >= 0.6 is 0 Å². The lowest BCUT2D eigenvalue weighted by Crippen LogP contribution is -2.51. The van der Waals surface area contributed by atoms with Gasteiger partial charge in [0.25, 0.3) is 0 Å². The average molecular weight is 467 g/mol. The number of halogens is 1. The lowest BCUT2D eigenvalue weighted by atomic mass is 10.1. The van der Waals surface area contributed by atoms with Crippen molar-refractivity contribution in [3.05, 3.63) is 66.0 Å². The van der Waals surface area contributed by atoms with Crippen molar-refractivity contribution in [2.45, 2.75) is 62.9 Å². The third kappa shape index (κ3) is 7.03. The highest BCUT2D eigenvalue weighted by Gasteiger charge is 2.37.